The number of benzene rings is 4. The number of amides is 1. The molecule has 1 saturated heterocycles. The van der Waals surface area contributed by atoms with Gasteiger partial charge < -0.3 is 24.4 Å². The van der Waals surface area contributed by atoms with Crippen LogP contribution in [0.3, 0.4) is 0 Å². The van der Waals surface area contributed by atoms with Crippen LogP contribution >= 0.6 is 0 Å². The number of ketones is 2. The molecule has 4 aromatic carbocycles. The van der Waals surface area contributed by atoms with E-state index in [0.29, 0.717) is 39.6 Å². The molecule has 7 rings (SSSR count). The van der Waals surface area contributed by atoms with Crippen LogP contribution in [-0.2, 0) is 10.2 Å². The number of Topliss-reactive ketones (excluding diaryl/α,β-unsaturated/α-hetero) is 2. The Balaban J connectivity index is 1.52. The zero-order valence-corrected chi connectivity index (χ0v) is 24.4. The van der Waals surface area contributed by atoms with Crippen molar-refractivity contribution in [2.45, 2.75) is 17.5 Å². The first-order valence-corrected chi connectivity index (χ1v) is 14.3. The number of nitrogens with zero attached hydrogens (tertiary/aromatic N) is 1. The minimum atomic E-state index is -1.43. The minimum Gasteiger partial charge on any atom is -0.497 e. The van der Waals surface area contributed by atoms with E-state index in [-0.39, 0.29) is 17.5 Å². The molecule has 0 saturated carbocycles. The van der Waals surface area contributed by atoms with Crippen molar-refractivity contribution < 1.29 is 28.6 Å². The van der Waals surface area contributed by atoms with Gasteiger partial charge in [0.05, 0.1) is 33.3 Å². The predicted molar refractivity (Wildman–Crippen MR) is 165 cm³/mol. The van der Waals surface area contributed by atoms with Gasteiger partial charge in [-0.05, 0) is 59.2 Å². The lowest BCUT2D eigenvalue weighted by molar-refractivity contribution is -0.122. The third kappa shape index (κ3) is 3.80. The molecule has 1 spiro atoms. The zero-order chi connectivity index (χ0) is 30.6. The molecule has 3 aliphatic heterocycles. The van der Waals surface area contributed by atoms with Gasteiger partial charge in [-0.2, -0.15) is 0 Å². The zero-order valence-electron chi connectivity index (χ0n) is 24.4. The minimum absolute atomic E-state index is 0.286. The fraction of sp³-hybridized carbons (Fsp3) is 0.194. The molecule has 4 atom stereocenters. The van der Waals surface area contributed by atoms with Crippen LogP contribution in [0, 0.1) is 5.92 Å². The first kappa shape index (κ1) is 27.5. The highest BCUT2D eigenvalue weighted by atomic mass is 16.5. The second-order valence-corrected chi connectivity index (χ2v) is 11.1. The number of hydrogen-bond donors (Lipinski definition) is 1. The summed E-state index contributed by atoms with van der Waals surface area (Å²) in [4.78, 5) is 46.3. The molecule has 44 heavy (non-hydrogen) atoms. The number of methoxy groups -OCH3 is 3. The van der Waals surface area contributed by atoms with Gasteiger partial charge in [0, 0.05) is 23.0 Å². The van der Waals surface area contributed by atoms with Crippen LogP contribution < -0.4 is 19.5 Å². The van der Waals surface area contributed by atoms with Gasteiger partial charge in [0.1, 0.15) is 17.2 Å². The summed E-state index contributed by atoms with van der Waals surface area (Å²) in [5.41, 5.74) is 2.37. The molecule has 8 heteroatoms. The number of fused-ring (bicyclic) bond motifs is 6. The number of hydrogen-bond acceptors (Lipinski definition) is 7. The highest BCUT2D eigenvalue weighted by molar-refractivity contribution is 6.16. The summed E-state index contributed by atoms with van der Waals surface area (Å²) in [5, 5.41) is 3.07. The molecule has 1 fully saturated rings. The van der Waals surface area contributed by atoms with Crippen molar-refractivity contribution in [3.05, 3.63) is 125 Å². The second kappa shape index (κ2) is 10.4. The molecular formula is C36H30N2O6. The Labute approximate surface area is 254 Å². The van der Waals surface area contributed by atoms with Crippen LogP contribution in [0.25, 0.3) is 6.08 Å². The van der Waals surface area contributed by atoms with Crippen LogP contribution in [0.1, 0.15) is 43.4 Å². The molecular weight excluding hydrogens is 556 g/mol. The van der Waals surface area contributed by atoms with Gasteiger partial charge in [-0.1, -0.05) is 54.6 Å². The topological polar surface area (TPSA) is 94.2 Å². The van der Waals surface area contributed by atoms with Crippen molar-refractivity contribution in [3.63, 3.8) is 0 Å². The van der Waals surface area contributed by atoms with Crippen LogP contribution in [-0.4, -0.2) is 49.7 Å². The first-order chi connectivity index (χ1) is 21.4. The maximum absolute atomic E-state index is 15.1. The molecule has 1 amide bonds. The lowest BCUT2D eigenvalue weighted by Gasteiger charge is -2.38. The van der Waals surface area contributed by atoms with Crippen LogP contribution in [0.5, 0.6) is 17.2 Å². The molecule has 0 unspecified atom stereocenters. The van der Waals surface area contributed by atoms with Gasteiger partial charge in [-0.3, -0.25) is 14.4 Å². The average molecular weight is 587 g/mol. The summed E-state index contributed by atoms with van der Waals surface area (Å²) < 4.78 is 16.4. The molecule has 8 nitrogen and oxygen atoms in total. The number of carbonyl (C=O) groups is 3. The molecule has 0 aromatic heterocycles. The quantitative estimate of drug-likeness (QED) is 0.278. The number of rotatable bonds is 7. The molecule has 0 bridgehead atoms. The number of ether oxygens (including phenoxy) is 3. The highest BCUT2D eigenvalue weighted by Crippen LogP contribution is 2.62. The summed E-state index contributed by atoms with van der Waals surface area (Å²) >= 11 is 0. The standard InChI is InChI=1S/C36H30N2O6/c1-42-24-11-8-10-22(19-24)33(40)31-30(32(39)23-15-16-28(43-2)29(20-23)44-3)36(26-13-6-7-14-27(26)37-35(36)41)34-25-12-5-4-9-21(25)17-18-38(31)34/h4-20,30-31,34H,1-3H3,(H,37,41)/t30-,31+,34+,36+/m1/s1. The normalized spacial score (nSPS) is 22.6. The van der Waals surface area contributed by atoms with Crippen molar-refractivity contribution in [1.29, 1.82) is 0 Å². The van der Waals surface area contributed by atoms with Crippen molar-refractivity contribution in [2.75, 3.05) is 26.6 Å². The Morgan fingerprint density at radius 3 is 2.32 bits per heavy atom. The summed E-state index contributed by atoms with van der Waals surface area (Å²) in [6.45, 7) is 0. The molecule has 3 heterocycles. The predicted octanol–water partition coefficient (Wildman–Crippen LogP) is 5.69. The SMILES string of the molecule is COc1cccc(C(=O)[C@@H]2[C@H](C(=O)c3ccc(OC)c(OC)c3)[C@]3(C(=O)Nc4ccccc43)[C@@H]3c4ccccc4C=CN23)c1. The van der Waals surface area contributed by atoms with E-state index in [0.717, 1.165) is 11.1 Å². The Morgan fingerprint density at radius 2 is 1.52 bits per heavy atom. The number of carbonyl (C=O) groups excluding carboxylic acids is 3. The summed E-state index contributed by atoms with van der Waals surface area (Å²) in [6.07, 6.45) is 3.79. The molecule has 0 aliphatic carbocycles. The first-order valence-electron chi connectivity index (χ1n) is 14.3. The number of nitrogens with one attached hydrogen (secondary N) is 1. The Hall–Kier alpha value is -5.37. The lowest BCUT2D eigenvalue weighted by Crippen LogP contribution is -2.49. The fourth-order valence-corrected chi connectivity index (χ4v) is 7.28. The molecule has 220 valence electrons. The largest absolute Gasteiger partial charge is 0.497 e. The van der Waals surface area contributed by atoms with Gasteiger partial charge in [0.25, 0.3) is 0 Å². The van der Waals surface area contributed by atoms with Gasteiger partial charge in [-0.15, -0.1) is 0 Å². The van der Waals surface area contributed by atoms with Crippen molar-refractivity contribution in [1.82, 2.24) is 4.90 Å². The maximum Gasteiger partial charge on any atom is 0.238 e. The summed E-state index contributed by atoms with van der Waals surface area (Å²) in [7, 11) is 4.56. The van der Waals surface area contributed by atoms with E-state index in [2.05, 4.69) is 5.32 Å². The third-order valence-corrected chi connectivity index (χ3v) is 9.14. The van der Waals surface area contributed by atoms with Crippen LogP contribution in [0.4, 0.5) is 5.69 Å². The monoisotopic (exact) mass is 586 g/mol. The van der Waals surface area contributed by atoms with Gasteiger partial charge in [0.2, 0.25) is 5.91 Å². The van der Waals surface area contributed by atoms with E-state index < -0.39 is 23.4 Å². The molecule has 1 N–H and O–H groups in total. The van der Waals surface area contributed by atoms with Crippen LogP contribution in [0.2, 0.25) is 0 Å². The van der Waals surface area contributed by atoms with E-state index in [1.165, 1.54) is 21.3 Å². The van der Waals surface area contributed by atoms with Crippen molar-refractivity contribution in [3.8, 4) is 17.2 Å². The maximum atomic E-state index is 15.1. The lowest BCUT2D eigenvalue weighted by atomic mass is 9.62. The van der Waals surface area contributed by atoms with E-state index in [9.17, 15) is 9.59 Å². The molecule has 3 aliphatic rings. The highest BCUT2D eigenvalue weighted by Gasteiger charge is 2.70. The van der Waals surface area contributed by atoms with Crippen molar-refractivity contribution in [2.24, 2.45) is 5.92 Å². The van der Waals surface area contributed by atoms with E-state index >= 15 is 4.79 Å². The smallest absolute Gasteiger partial charge is 0.238 e. The van der Waals surface area contributed by atoms with Crippen LogP contribution in [0.15, 0.2) is 97.2 Å². The Morgan fingerprint density at radius 1 is 0.773 bits per heavy atom. The average Bonchev–Trinajstić information content (AvgIpc) is 3.55. The third-order valence-electron chi connectivity index (χ3n) is 9.14. The van der Waals surface area contributed by atoms with Gasteiger partial charge >= 0.3 is 0 Å². The fourth-order valence-electron chi connectivity index (χ4n) is 7.28. The van der Waals surface area contributed by atoms with Gasteiger partial charge in [-0.25, -0.2) is 0 Å². The number of anilines is 1. The van der Waals surface area contributed by atoms with Gasteiger partial charge in [0.15, 0.2) is 23.1 Å². The molecule has 4 aromatic rings. The van der Waals surface area contributed by atoms with Crippen molar-refractivity contribution >= 4 is 29.2 Å². The second-order valence-electron chi connectivity index (χ2n) is 11.1. The Bertz CT molecular complexity index is 1870. The van der Waals surface area contributed by atoms with E-state index in [4.69, 9.17) is 14.2 Å². The number of para-hydroxylation sites is 1. The summed E-state index contributed by atoms with van der Waals surface area (Å²) in [5.74, 6) is -0.702. The van der Waals surface area contributed by atoms with E-state index in [1.807, 2.05) is 65.7 Å². The Kier molecular flexibility index (Phi) is 6.50. The summed E-state index contributed by atoms with van der Waals surface area (Å²) in [6, 6.07) is 25.4. The van der Waals surface area contributed by atoms with E-state index in [1.54, 1.807) is 42.5 Å². The molecule has 0 radical (unpaired) electrons.